The molecule has 0 spiro atoms. The lowest BCUT2D eigenvalue weighted by Crippen LogP contribution is -2.07. The summed E-state index contributed by atoms with van der Waals surface area (Å²) in [6.07, 6.45) is 0. The number of aryl methyl sites for hydroxylation is 1. The number of rotatable bonds is 4. The van der Waals surface area contributed by atoms with Crippen LogP contribution in [0.4, 0.5) is 5.69 Å². The molecule has 5 nitrogen and oxygen atoms in total. The highest BCUT2D eigenvalue weighted by Gasteiger charge is 2.13. The molecule has 0 aliphatic heterocycles. The SMILES string of the molecule is Cc1cc([N+](=O)[O-])ccc1Oc1ccc(Br)cc1C(C)N. The van der Waals surface area contributed by atoms with Crippen LogP contribution in [-0.2, 0) is 0 Å². The van der Waals surface area contributed by atoms with Gasteiger partial charge < -0.3 is 10.5 Å². The van der Waals surface area contributed by atoms with Crippen molar-refractivity contribution in [1.29, 1.82) is 0 Å². The molecule has 6 heteroatoms. The van der Waals surface area contributed by atoms with Crippen LogP contribution in [0, 0.1) is 17.0 Å². The van der Waals surface area contributed by atoms with E-state index in [0.717, 1.165) is 10.0 Å². The molecule has 1 unspecified atom stereocenters. The van der Waals surface area contributed by atoms with Gasteiger partial charge in [-0.15, -0.1) is 0 Å². The molecule has 0 saturated carbocycles. The molecule has 1 atom stereocenters. The lowest BCUT2D eigenvalue weighted by Gasteiger charge is -2.15. The topological polar surface area (TPSA) is 78.4 Å². The van der Waals surface area contributed by atoms with E-state index < -0.39 is 4.92 Å². The number of halogens is 1. The van der Waals surface area contributed by atoms with E-state index in [2.05, 4.69) is 15.9 Å². The fraction of sp³-hybridized carbons (Fsp3) is 0.200. The third-order valence-corrected chi connectivity index (χ3v) is 3.54. The summed E-state index contributed by atoms with van der Waals surface area (Å²) in [6.45, 7) is 3.64. The molecule has 110 valence electrons. The molecule has 0 aliphatic rings. The summed E-state index contributed by atoms with van der Waals surface area (Å²) in [5.74, 6) is 1.22. The number of nitro groups is 1. The molecule has 0 aliphatic carbocycles. The smallest absolute Gasteiger partial charge is 0.269 e. The molecule has 2 aromatic rings. The van der Waals surface area contributed by atoms with Crippen LogP contribution in [0.5, 0.6) is 11.5 Å². The highest BCUT2D eigenvalue weighted by atomic mass is 79.9. The van der Waals surface area contributed by atoms with Crippen LogP contribution in [0.2, 0.25) is 0 Å². The second kappa shape index (κ2) is 6.24. The van der Waals surface area contributed by atoms with Crippen molar-refractivity contribution in [2.45, 2.75) is 19.9 Å². The summed E-state index contributed by atoms with van der Waals surface area (Å²) < 4.78 is 6.79. The minimum Gasteiger partial charge on any atom is -0.457 e. The lowest BCUT2D eigenvalue weighted by atomic mass is 10.1. The van der Waals surface area contributed by atoms with Gasteiger partial charge in [-0.1, -0.05) is 15.9 Å². The highest BCUT2D eigenvalue weighted by Crippen LogP contribution is 2.33. The van der Waals surface area contributed by atoms with Gasteiger partial charge in [-0.25, -0.2) is 0 Å². The van der Waals surface area contributed by atoms with Gasteiger partial charge in [-0.2, -0.15) is 0 Å². The van der Waals surface area contributed by atoms with Crippen molar-refractivity contribution in [2.75, 3.05) is 0 Å². The van der Waals surface area contributed by atoms with Crippen LogP contribution in [0.3, 0.4) is 0 Å². The number of nitrogens with two attached hydrogens (primary N) is 1. The van der Waals surface area contributed by atoms with Gasteiger partial charge in [0.2, 0.25) is 0 Å². The Hall–Kier alpha value is -1.92. The normalized spacial score (nSPS) is 12.0. The van der Waals surface area contributed by atoms with E-state index in [1.807, 2.05) is 25.1 Å². The van der Waals surface area contributed by atoms with Gasteiger partial charge in [0.25, 0.3) is 5.69 Å². The van der Waals surface area contributed by atoms with Crippen molar-refractivity contribution in [3.05, 3.63) is 62.1 Å². The lowest BCUT2D eigenvalue weighted by molar-refractivity contribution is -0.384. The van der Waals surface area contributed by atoms with E-state index >= 15 is 0 Å². The number of hydrogen-bond donors (Lipinski definition) is 1. The van der Waals surface area contributed by atoms with Gasteiger partial charge in [0, 0.05) is 28.2 Å². The highest BCUT2D eigenvalue weighted by molar-refractivity contribution is 9.10. The molecule has 0 amide bonds. The molecule has 0 radical (unpaired) electrons. The van der Waals surface area contributed by atoms with Crippen LogP contribution >= 0.6 is 15.9 Å². The molecule has 2 N–H and O–H groups in total. The van der Waals surface area contributed by atoms with Crippen molar-refractivity contribution in [1.82, 2.24) is 0 Å². The number of hydrogen-bond acceptors (Lipinski definition) is 4. The summed E-state index contributed by atoms with van der Waals surface area (Å²) in [4.78, 5) is 10.3. The number of ether oxygens (including phenoxy) is 1. The van der Waals surface area contributed by atoms with Gasteiger partial charge >= 0.3 is 0 Å². The van der Waals surface area contributed by atoms with Crippen molar-refractivity contribution < 1.29 is 9.66 Å². The van der Waals surface area contributed by atoms with E-state index in [1.54, 1.807) is 13.0 Å². The molecular weight excluding hydrogens is 336 g/mol. The Morgan fingerprint density at radius 2 is 1.90 bits per heavy atom. The molecule has 0 saturated heterocycles. The Morgan fingerprint density at radius 1 is 1.24 bits per heavy atom. The van der Waals surface area contributed by atoms with Gasteiger partial charge in [-0.3, -0.25) is 10.1 Å². The minimum atomic E-state index is -0.427. The second-order valence-electron chi connectivity index (χ2n) is 4.78. The molecule has 0 aromatic heterocycles. The average Bonchev–Trinajstić information content (AvgIpc) is 2.42. The zero-order chi connectivity index (χ0) is 15.6. The van der Waals surface area contributed by atoms with Crippen molar-refractivity contribution in [3.63, 3.8) is 0 Å². The average molecular weight is 351 g/mol. The molecule has 0 fully saturated rings. The van der Waals surface area contributed by atoms with Crippen LogP contribution in [0.25, 0.3) is 0 Å². The fourth-order valence-corrected chi connectivity index (χ4v) is 2.33. The van der Waals surface area contributed by atoms with Crippen molar-refractivity contribution in [3.8, 4) is 11.5 Å². The van der Waals surface area contributed by atoms with Crippen LogP contribution in [0.1, 0.15) is 24.1 Å². The number of nitro benzene ring substituents is 1. The zero-order valence-corrected chi connectivity index (χ0v) is 13.3. The third kappa shape index (κ3) is 3.59. The minimum absolute atomic E-state index is 0.0445. The first-order chi connectivity index (χ1) is 9.88. The summed E-state index contributed by atoms with van der Waals surface area (Å²) in [5, 5.41) is 10.7. The Kier molecular flexibility index (Phi) is 4.59. The van der Waals surface area contributed by atoms with E-state index in [4.69, 9.17) is 10.5 Å². The summed E-state index contributed by atoms with van der Waals surface area (Å²) >= 11 is 3.40. The van der Waals surface area contributed by atoms with Crippen molar-refractivity contribution in [2.24, 2.45) is 5.73 Å². The van der Waals surface area contributed by atoms with E-state index in [9.17, 15) is 10.1 Å². The van der Waals surface area contributed by atoms with Gasteiger partial charge in [0.15, 0.2) is 0 Å². The Bertz CT molecular complexity index is 687. The standard InChI is InChI=1S/C15H15BrN2O3/c1-9-7-12(18(19)20)4-6-14(9)21-15-5-3-11(16)8-13(15)10(2)17/h3-8,10H,17H2,1-2H3. The monoisotopic (exact) mass is 350 g/mol. The van der Waals surface area contributed by atoms with Crippen molar-refractivity contribution >= 4 is 21.6 Å². The maximum Gasteiger partial charge on any atom is 0.269 e. The van der Waals surface area contributed by atoms with E-state index in [0.29, 0.717) is 17.1 Å². The number of nitrogens with zero attached hydrogens (tertiary/aromatic N) is 1. The molecule has 2 rings (SSSR count). The molecule has 21 heavy (non-hydrogen) atoms. The molecule has 0 bridgehead atoms. The number of benzene rings is 2. The largest absolute Gasteiger partial charge is 0.457 e. The number of non-ortho nitro benzene ring substituents is 1. The molecule has 2 aromatic carbocycles. The maximum absolute atomic E-state index is 10.7. The first-order valence-corrected chi connectivity index (χ1v) is 7.15. The summed E-state index contributed by atoms with van der Waals surface area (Å²) in [5.41, 5.74) is 7.55. The van der Waals surface area contributed by atoms with Crippen LogP contribution in [-0.4, -0.2) is 4.92 Å². The van der Waals surface area contributed by atoms with E-state index in [-0.39, 0.29) is 11.7 Å². The van der Waals surface area contributed by atoms with Gasteiger partial charge in [0.05, 0.1) is 4.92 Å². The van der Waals surface area contributed by atoms with Crippen LogP contribution < -0.4 is 10.5 Å². The maximum atomic E-state index is 10.7. The molecule has 0 heterocycles. The first kappa shape index (κ1) is 15.5. The second-order valence-corrected chi connectivity index (χ2v) is 5.70. The van der Waals surface area contributed by atoms with Crippen LogP contribution in [0.15, 0.2) is 40.9 Å². The van der Waals surface area contributed by atoms with Gasteiger partial charge in [-0.05, 0) is 43.7 Å². The Morgan fingerprint density at radius 3 is 2.48 bits per heavy atom. The Balaban J connectivity index is 2.36. The molecular formula is C15H15BrN2O3. The zero-order valence-electron chi connectivity index (χ0n) is 11.7. The summed E-state index contributed by atoms with van der Waals surface area (Å²) in [6, 6.07) is 9.91. The predicted octanol–water partition coefficient (Wildman–Crippen LogP) is 4.48. The third-order valence-electron chi connectivity index (χ3n) is 3.05. The van der Waals surface area contributed by atoms with Gasteiger partial charge in [0.1, 0.15) is 11.5 Å². The first-order valence-electron chi connectivity index (χ1n) is 6.36. The summed E-state index contributed by atoms with van der Waals surface area (Å²) in [7, 11) is 0. The predicted molar refractivity (Wildman–Crippen MR) is 84.7 cm³/mol. The fourth-order valence-electron chi connectivity index (χ4n) is 1.95. The van der Waals surface area contributed by atoms with E-state index in [1.165, 1.54) is 12.1 Å². The Labute approximate surface area is 131 Å². The quantitative estimate of drug-likeness (QED) is 0.651.